The van der Waals surface area contributed by atoms with E-state index in [4.69, 9.17) is 0 Å². The van der Waals surface area contributed by atoms with Crippen molar-refractivity contribution in [2.75, 3.05) is 0 Å². The minimum Gasteiger partial charge on any atom is -0.261 e. The topological polar surface area (TPSA) is 322 Å². The van der Waals surface area contributed by atoms with Crippen LogP contribution in [0, 0.1) is 62.3 Å². The van der Waals surface area contributed by atoms with Gasteiger partial charge in [-0.3, -0.25) is 9.97 Å². The monoisotopic (exact) mass is 853 g/mol. The van der Waals surface area contributed by atoms with Gasteiger partial charge in [-0.25, -0.2) is 49.8 Å². The summed E-state index contributed by atoms with van der Waals surface area (Å²) in [5, 5.41) is 46.0. The quantitative estimate of drug-likeness (QED) is 0.212. The van der Waals surface area contributed by atoms with E-state index < -0.39 is 0 Å². The first kappa shape index (κ1) is 52.2. The molecule has 9 rings (SSSR count). The van der Waals surface area contributed by atoms with Crippen LogP contribution in [0.25, 0.3) is 0 Å². The molecule has 63 heavy (non-hydrogen) atoms. The van der Waals surface area contributed by atoms with Gasteiger partial charge in [0.1, 0.15) is 49.1 Å². The Morgan fingerprint density at radius 3 is 1.16 bits per heavy atom. The van der Waals surface area contributed by atoms with Crippen molar-refractivity contribution in [2.24, 2.45) is 0 Å². The Morgan fingerprint density at radius 2 is 0.873 bits per heavy atom. The molecule has 25 heteroatoms. The van der Waals surface area contributed by atoms with Gasteiger partial charge >= 0.3 is 0 Å². The maximum Gasteiger partial charge on any atom is 0.170 e. The lowest BCUT2D eigenvalue weighted by molar-refractivity contribution is 0.806. The molecule has 0 fully saturated rings. The van der Waals surface area contributed by atoms with Crippen LogP contribution in [0.15, 0.2) is 124 Å². The summed E-state index contributed by atoms with van der Waals surface area (Å²) in [6.07, 6.45) is 26.9. The number of aryl methyl sites for hydroxylation is 9. The molecule has 0 atom stereocenters. The van der Waals surface area contributed by atoms with Crippen molar-refractivity contribution in [1.82, 2.24) is 126 Å². The van der Waals surface area contributed by atoms with E-state index in [1.807, 2.05) is 54.5 Å². The van der Waals surface area contributed by atoms with Gasteiger partial charge in [0.25, 0.3) is 0 Å². The second-order valence-corrected chi connectivity index (χ2v) is 11.2. The van der Waals surface area contributed by atoms with Crippen LogP contribution in [0.2, 0.25) is 0 Å². The van der Waals surface area contributed by atoms with Gasteiger partial charge in [0, 0.05) is 49.1 Å². The van der Waals surface area contributed by atoms with E-state index in [9.17, 15) is 0 Å². The first-order valence-corrected chi connectivity index (χ1v) is 18.2. The van der Waals surface area contributed by atoms with Gasteiger partial charge in [0.2, 0.25) is 0 Å². The molecule has 0 aliphatic rings. The minimum atomic E-state index is 0.600. The molecule has 9 aromatic heterocycles. The van der Waals surface area contributed by atoms with Crippen LogP contribution in [-0.2, 0) is 0 Å². The van der Waals surface area contributed by atoms with Gasteiger partial charge in [0.15, 0.2) is 12.2 Å². The smallest absolute Gasteiger partial charge is 0.170 e. The average molecular weight is 854 g/mol. The van der Waals surface area contributed by atoms with Crippen LogP contribution in [0.1, 0.15) is 51.8 Å². The summed E-state index contributed by atoms with van der Waals surface area (Å²) in [7, 11) is 0. The normalized spacial score (nSPS) is 8.71. The summed E-state index contributed by atoms with van der Waals surface area (Å²) in [4.78, 5) is 45.5. The van der Waals surface area contributed by atoms with E-state index in [1.54, 1.807) is 94.1 Å². The van der Waals surface area contributed by atoms with E-state index in [0.29, 0.717) is 11.6 Å². The third kappa shape index (κ3) is 34.9. The molecule has 0 bridgehead atoms. The van der Waals surface area contributed by atoms with E-state index in [0.717, 1.165) is 40.1 Å². The summed E-state index contributed by atoms with van der Waals surface area (Å²) < 4.78 is 0. The fourth-order valence-electron chi connectivity index (χ4n) is 2.89. The Balaban J connectivity index is 0.000000354. The predicted octanol–water partition coefficient (Wildman–Crippen LogP) is 2.83. The van der Waals surface area contributed by atoms with Crippen LogP contribution in [0.5, 0.6) is 0 Å². The molecule has 25 nitrogen and oxygen atoms in total. The number of hydrogen-bond donors (Lipinski definition) is 0. The zero-order valence-corrected chi connectivity index (χ0v) is 36.2. The van der Waals surface area contributed by atoms with E-state index >= 15 is 0 Å². The molecule has 0 aromatic carbocycles. The lowest BCUT2D eigenvalue weighted by Crippen LogP contribution is -1.90. The van der Waals surface area contributed by atoms with Crippen molar-refractivity contribution < 1.29 is 0 Å². The molecule has 0 spiro atoms. The Kier molecular flexibility index (Phi) is 30.1. The zero-order chi connectivity index (χ0) is 46.0. The van der Waals surface area contributed by atoms with Crippen LogP contribution in [0.4, 0.5) is 0 Å². The third-order valence-corrected chi connectivity index (χ3v) is 5.70. The van der Waals surface area contributed by atoms with Gasteiger partial charge < -0.3 is 0 Å². The highest BCUT2D eigenvalue weighted by Crippen LogP contribution is 1.84. The second kappa shape index (κ2) is 36.3. The number of rotatable bonds is 0. The highest BCUT2D eigenvalue weighted by atomic mass is 15.3. The van der Waals surface area contributed by atoms with Gasteiger partial charge in [-0.2, -0.15) is 15.3 Å². The van der Waals surface area contributed by atoms with Crippen LogP contribution in [0.3, 0.4) is 0 Å². The molecule has 324 valence electrons. The van der Waals surface area contributed by atoms with Gasteiger partial charge in [-0.05, 0) is 85.7 Å². The first-order chi connectivity index (χ1) is 30.5. The second-order valence-electron chi connectivity index (χ2n) is 11.2. The molecule has 0 radical (unpaired) electrons. The highest BCUT2D eigenvalue weighted by Gasteiger charge is 1.81. The van der Waals surface area contributed by atoms with Gasteiger partial charge in [-0.1, -0.05) is 0 Å². The Bertz CT molecular complexity index is 1770. The number of nitrogens with zero attached hydrogens (tertiary/aromatic N) is 25. The van der Waals surface area contributed by atoms with Crippen molar-refractivity contribution in [3.8, 4) is 0 Å². The summed E-state index contributed by atoms with van der Waals surface area (Å²) >= 11 is 0. The SMILES string of the molecule is Cc1ccncn1.Cc1ccnnn1.Cc1cnccn1.Cc1cncnn1.Cc1cnncn1.Cc1ncccn1.Cc1nccnn1.Cc1ncncn1.Cc1nncnn1. The molecule has 0 saturated heterocycles. The molecule has 0 N–H and O–H groups in total. The molecule has 9 heterocycles. The largest absolute Gasteiger partial charge is 0.261 e. The molecular weight excluding hydrogens is 807 g/mol. The maximum atomic E-state index is 3.92. The van der Waals surface area contributed by atoms with Crippen molar-refractivity contribution in [3.63, 3.8) is 0 Å². The standard InChI is InChI=1S/3C5H6N2.5C4H5N3.C3H4N4/c1-5-4-6-2-3-7-5;1-5-2-3-6-4-7-5;1-5-6-3-2-4-7-5;1-4-6-2-5-3-7-4;1-4-2-6-7-3-5-4;1-4-2-5-3-6-7-4;1-4-5-2-3-6-7-4;1-4-2-3-5-7-6-4;1-3-6-4-2-5-7-3/h3*2-4H,1H3;5*2-3H,1H3;2H,1H3. The summed E-state index contributed by atoms with van der Waals surface area (Å²) in [6.45, 7) is 16.6. The van der Waals surface area contributed by atoms with Crippen molar-refractivity contribution in [2.45, 2.75) is 62.3 Å². The lowest BCUT2D eigenvalue weighted by atomic mass is 10.5. The van der Waals surface area contributed by atoms with E-state index in [2.05, 4.69) is 126 Å². The molecule has 0 aliphatic heterocycles. The van der Waals surface area contributed by atoms with E-state index in [1.165, 1.54) is 38.0 Å². The lowest BCUT2D eigenvalue weighted by Gasteiger charge is -1.81. The Morgan fingerprint density at radius 1 is 0.270 bits per heavy atom. The van der Waals surface area contributed by atoms with Crippen LogP contribution < -0.4 is 0 Å². The summed E-state index contributed by atoms with van der Waals surface area (Å²) in [5.41, 5.74) is 4.62. The fourth-order valence-corrected chi connectivity index (χ4v) is 2.89. The molecule has 0 saturated carbocycles. The molecule has 0 aliphatic carbocycles. The maximum absolute atomic E-state index is 3.92. The fraction of sp³-hybridized carbons (Fsp3) is 0.237. The van der Waals surface area contributed by atoms with Crippen LogP contribution in [-0.4, -0.2) is 126 Å². The highest BCUT2D eigenvalue weighted by molar-refractivity contribution is 4.93. The molecule has 0 amide bonds. The number of aromatic nitrogens is 25. The Labute approximate surface area is 363 Å². The van der Waals surface area contributed by atoms with Crippen LogP contribution >= 0.6 is 0 Å². The van der Waals surface area contributed by atoms with Crippen molar-refractivity contribution >= 4 is 0 Å². The van der Waals surface area contributed by atoms with Crippen molar-refractivity contribution in [1.29, 1.82) is 0 Å². The molecular formula is C38H47N25. The summed E-state index contributed by atoms with van der Waals surface area (Å²) in [5.74, 6) is 2.89. The first-order valence-electron chi connectivity index (χ1n) is 18.2. The minimum absolute atomic E-state index is 0.600. The van der Waals surface area contributed by atoms with Crippen molar-refractivity contribution in [3.05, 3.63) is 176 Å². The van der Waals surface area contributed by atoms with E-state index in [-0.39, 0.29) is 0 Å². The van der Waals surface area contributed by atoms with Gasteiger partial charge in [-0.15, -0.1) is 45.9 Å². The predicted molar refractivity (Wildman–Crippen MR) is 225 cm³/mol. The third-order valence-electron chi connectivity index (χ3n) is 5.70. The zero-order valence-electron chi connectivity index (χ0n) is 36.2. The van der Waals surface area contributed by atoms with Gasteiger partial charge in [0.05, 0.1) is 47.6 Å². The average Bonchev–Trinajstić information content (AvgIpc) is 3.31. The number of hydrogen-bond acceptors (Lipinski definition) is 25. The summed E-state index contributed by atoms with van der Waals surface area (Å²) in [6, 6.07) is 5.46. The molecule has 0 unspecified atom stereocenters. The molecule has 9 aromatic rings. The Hall–Kier alpha value is -8.77.